The number of rotatable bonds is 4. The van der Waals surface area contributed by atoms with Gasteiger partial charge in [-0.2, -0.15) is 0 Å². The first-order chi connectivity index (χ1) is 9.60. The van der Waals surface area contributed by atoms with Gasteiger partial charge in [-0.3, -0.25) is 9.78 Å². The second-order valence-electron chi connectivity index (χ2n) is 5.52. The van der Waals surface area contributed by atoms with Crippen molar-refractivity contribution in [3.8, 4) is 5.75 Å². The molecular weight excluding hydrogens is 256 g/mol. The number of hydrogen-bond acceptors (Lipinski definition) is 4. The lowest BCUT2D eigenvalue weighted by atomic mass is 9.88. The predicted octanol–water partition coefficient (Wildman–Crippen LogP) is 1.71. The summed E-state index contributed by atoms with van der Waals surface area (Å²) in [7, 11) is 3.40. The summed E-state index contributed by atoms with van der Waals surface area (Å²) in [5.41, 5.74) is 0.400. The van der Waals surface area contributed by atoms with Crippen LogP contribution in [0.3, 0.4) is 0 Å². The highest BCUT2D eigenvalue weighted by atomic mass is 16.5. The highest BCUT2D eigenvalue weighted by molar-refractivity contribution is 5.92. The van der Waals surface area contributed by atoms with Crippen LogP contribution in [0.4, 0.5) is 0 Å². The van der Waals surface area contributed by atoms with Crippen LogP contribution in [0.25, 0.3) is 0 Å². The van der Waals surface area contributed by atoms with Gasteiger partial charge in [0.15, 0.2) is 0 Å². The molecule has 0 spiro atoms. The summed E-state index contributed by atoms with van der Waals surface area (Å²) in [6, 6.07) is 3.48. The lowest BCUT2D eigenvalue weighted by Gasteiger charge is -2.27. The summed E-state index contributed by atoms with van der Waals surface area (Å²) in [6.45, 7) is 0.267. The fourth-order valence-electron chi connectivity index (χ4n) is 2.46. The van der Waals surface area contributed by atoms with E-state index in [2.05, 4.69) is 4.98 Å². The molecular formula is C15H22N2O3. The number of ether oxygens (including phenoxy) is 1. The lowest BCUT2D eigenvalue weighted by Crippen LogP contribution is -2.26. The highest BCUT2D eigenvalue weighted by Gasteiger charge is 2.22. The summed E-state index contributed by atoms with van der Waals surface area (Å²) in [4.78, 5) is 17.4. The van der Waals surface area contributed by atoms with Gasteiger partial charge in [0, 0.05) is 33.0 Å². The van der Waals surface area contributed by atoms with E-state index < -0.39 is 0 Å². The molecule has 0 aromatic carbocycles. The minimum Gasteiger partial charge on any atom is -0.490 e. The fraction of sp³-hybridized carbons (Fsp3) is 0.600. The maximum absolute atomic E-state index is 11.9. The standard InChI is InChI=1S/C15H22N2O3/c1-17(2)15(19)14-9-13(7-8-16-14)20-12-5-3-11(10-18)4-6-12/h7-9,11-12,18H,3-6,10H2,1-2H3. The number of aromatic nitrogens is 1. The Kier molecular flexibility index (Phi) is 4.95. The normalized spacial score (nSPS) is 22.4. The molecule has 1 aliphatic rings. The zero-order valence-electron chi connectivity index (χ0n) is 12.1. The zero-order chi connectivity index (χ0) is 14.5. The maximum Gasteiger partial charge on any atom is 0.272 e. The number of aliphatic hydroxyl groups excluding tert-OH is 1. The number of amides is 1. The van der Waals surface area contributed by atoms with Crippen LogP contribution >= 0.6 is 0 Å². The van der Waals surface area contributed by atoms with E-state index in [0.29, 0.717) is 17.4 Å². The number of pyridine rings is 1. The Labute approximate surface area is 119 Å². The Morgan fingerprint density at radius 2 is 2.10 bits per heavy atom. The molecule has 1 aromatic heterocycles. The van der Waals surface area contributed by atoms with Crippen molar-refractivity contribution in [1.82, 2.24) is 9.88 Å². The molecule has 0 bridgehead atoms. The van der Waals surface area contributed by atoms with Crippen LogP contribution < -0.4 is 4.74 Å². The molecule has 1 saturated carbocycles. The minimum absolute atomic E-state index is 0.126. The first-order valence-electron chi connectivity index (χ1n) is 7.05. The van der Waals surface area contributed by atoms with Gasteiger partial charge in [-0.05, 0) is 37.7 Å². The van der Waals surface area contributed by atoms with Crippen molar-refractivity contribution < 1.29 is 14.6 Å². The highest BCUT2D eigenvalue weighted by Crippen LogP contribution is 2.27. The molecule has 1 N–H and O–H groups in total. The summed E-state index contributed by atoms with van der Waals surface area (Å²) >= 11 is 0. The van der Waals surface area contributed by atoms with E-state index in [9.17, 15) is 4.79 Å². The molecule has 5 nitrogen and oxygen atoms in total. The van der Waals surface area contributed by atoms with E-state index in [0.717, 1.165) is 25.7 Å². The van der Waals surface area contributed by atoms with Crippen molar-refractivity contribution in [1.29, 1.82) is 0 Å². The van der Waals surface area contributed by atoms with Gasteiger partial charge >= 0.3 is 0 Å². The van der Waals surface area contributed by atoms with Gasteiger partial charge in [0.1, 0.15) is 11.4 Å². The van der Waals surface area contributed by atoms with E-state index >= 15 is 0 Å². The van der Waals surface area contributed by atoms with Crippen molar-refractivity contribution in [2.45, 2.75) is 31.8 Å². The van der Waals surface area contributed by atoms with Crippen LogP contribution in [0.15, 0.2) is 18.3 Å². The molecule has 0 unspecified atom stereocenters. The smallest absolute Gasteiger partial charge is 0.272 e. The van der Waals surface area contributed by atoms with Crippen molar-refractivity contribution >= 4 is 5.91 Å². The lowest BCUT2D eigenvalue weighted by molar-refractivity contribution is 0.0818. The molecule has 1 heterocycles. The average molecular weight is 278 g/mol. The molecule has 5 heteroatoms. The van der Waals surface area contributed by atoms with Gasteiger partial charge in [0.25, 0.3) is 5.91 Å². The Morgan fingerprint density at radius 1 is 1.40 bits per heavy atom. The van der Waals surface area contributed by atoms with Crippen molar-refractivity contribution in [2.24, 2.45) is 5.92 Å². The molecule has 1 amide bonds. The maximum atomic E-state index is 11.9. The molecule has 2 rings (SSSR count). The van der Waals surface area contributed by atoms with Crippen molar-refractivity contribution in [3.63, 3.8) is 0 Å². The summed E-state index contributed by atoms with van der Waals surface area (Å²) in [5, 5.41) is 9.13. The monoisotopic (exact) mass is 278 g/mol. The molecule has 20 heavy (non-hydrogen) atoms. The average Bonchev–Trinajstić information content (AvgIpc) is 2.47. The van der Waals surface area contributed by atoms with E-state index in [-0.39, 0.29) is 18.6 Å². The Balaban J connectivity index is 1.97. The van der Waals surface area contributed by atoms with Crippen LogP contribution in [-0.4, -0.2) is 47.7 Å². The van der Waals surface area contributed by atoms with Gasteiger partial charge in [-0.25, -0.2) is 0 Å². The summed E-state index contributed by atoms with van der Waals surface area (Å²) in [5.74, 6) is 0.982. The third-order valence-electron chi connectivity index (χ3n) is 3.71. The molecule has 0 aliphatic heterocycles. The fourth-order valence-corrected chi connectivity index (χ4v) is 2.46. The third kappa shape index (κ3) is 3.70. The van der Waals surface area contributed by atoms with Gasteiger partial charge in [0.2, 0.25) is 0 Å². The summed E-state index contributed by atoms with van der Waals surface area (Å²) in [6.07, 6.45) is 5.66. The van der Waals surface area contributed by atoms with Gasteiger partial charge < -0.3 is 14.7 Å². The second kappa shape index (κ2) is 6.70. The zero-order valence-corrected chi connectivity index (χ0v) is 12.1. The van der Waals surface area contributed by atoms with E-state index in [1.165, 1.54) is 4.90 Å². The molecule has 110 valence electrons. The van der Waals surface area contributed by atoms with Crippen LogP contribution in [0.2, 0.25) is 0 Å². The molecule has 0 saturated heterocycles. The first-order valence-corrected chi connectivity index (χ1v) is 7.05. The number of carbonyl (C=O) groups is 1. The SMILES string of the molecule is CN(C)C(=O)c1cc(OC2CCC(CO)CC2)ccn1. The topological polar surface area (TPSA) is 62.7 Å². The Hall–Kier alpha value is -1.62. The Morgan fingerprint density at radius 3 is 2.70 bits per heavy atom. The quantitative estimate of drug-likeness (QED) is 0.910. The second-order valence-corrected chi connectivity index (χ2v) is 5.52. The van der Waals surface area contributed by atoms with E-state index in [1.807, 2.05) is 0 Å². The van der Waals surface area contributed by atoms with Crippen LogP contribution in [0.1, 0.15) is 36.2 Å². The van der Waals surface area contributed by atoms with Crippen molar-refractivity contribution in [2.75, 3.05) is 20.7 Å². The van der Waals surface area contributed by atoms with Gasteiger partial charge in [-0.15, -0.1) is 0 Å². The molecule has 1 aliphatic carbocycles. The van der Waals surface area contributed by atoms with Crippen molar-refractivity contribution in [3.05, 3.63) is 24.0 Å². The van der Waals surface area contributed by atoms with Gasteiger partial charge in [-0.1, -0.05) is 0 Å². The number of aliphatic hydroxyl groups is 1. The largest absolute Gasteiger partial charge is 0.490 e. The first kappa shape index (κ1) is 14.8. The Bertz CT molecular complexity index is 454. The third-order valence-corrected chi connectivity index (χ3v) is 3.71. The van der Waals surface area contributed by atoms with E-state index in [4.69, 9.17) is 9.84 Å². The molecule has 1 fully saturated rings. The predicted molar refractivity (Wildman–Crippen MR) is 75.7 cm³/mol. The number of nitrogens with zero attached hydrogens (tertiary/aromatic N) is 2. The minimum atomic E-state index is -0.126. The van der Waals surface area contributed by atoms with Crippen LogP contribution in [0.5, 0.6) is 5.75 Å². The molecule has 0 radical (unpaired) electrons. The van der Waals surface area contributed by atoms with Crippen LogP contribution in [0, 0.1) is 5.92 Å². The molecule has 0 atom stereocenters. The number of hydrogen-bond donors (Lipinski definition) is 1. The summed E-state index contributed by atoms with van der Waals surface area (Å²) < 4.78 is 5.93. The van der Waals surface area contributed by atoms with Gasteiger partial charge in [0.05, 0.1) is 6.10 Å². The van der Waals surface area contributed by atoms with Crippen LogP contribution in [-0.2, 0) is 0 Å². The molecule has 1 aromatic rings. The van der Waals surface area contributed by atoms with E-state index in [1.54, 1.807) is 32.4 Å². The number of carbonyl (C=O) groups excluding carboxylic acids is 1.